The van der Waals surface area contributed by atoms with Gasteiger partial charge in [-0.1, -0.05) is 11.6 Å². The molecular weight excluding hydrogens is 236 g/mol. The van der Waals surface area contributed by atoms with E-state index in [1.165, 1.54) is 6.42 Å². The number of piperidine rings is 1. The number of benzene rings is 1. The third-order valence-corrected chi connectivity index (χ3v) is 3.25. The Bertz CT molecular complexity index is 372. The second kappa shape index (κ2) is 5.92. The van der Waals surface area contributed by atoms with Gasteiger partial charge >= 0.3 is 0 Å². The minimum Gasteiger partial charge on any atom is -0.376 e. The molecule has 0 spiro atoms. The minimum atomic E-state index is 0.180. The molecule has 1 amide bonds. The molecule has 1 saturated heterocycles. The molecule has 0 radical (unpaired) electrons. The van der Waals surface area contributed by atoms with Crippen molar-refractivity contribution in [2.75, 3.05) is 25.0 Å². The van der Waals surface area contributed by atoms with Crippen LogP contribution in [0.4, 0.5) is 5.69 Å². The van der Waals surface area contributed by atoms with Crippen LogP contribution in [0.15, 0.2) is 24.3 Å². The average molecular weight is 253 g/mol. The van der Waals surface area contributed by atoms with E-state index in [0.29, 0.717) is 11.6 Å². The fourth-order valence-electron chi connectivity index (χ4n) is 2.00. The van der Waals surface area contributed by atoms with Crippen molar-refractivity contribution in [1.29, 1.82) is 0 Å². The van der Waals surface area contributed by atoms with Crippen molar-refractivity contribution in [3.05, 3.63) is 29.3 Å². The second-order valence-electron chi connectivity index (χ2n) is 4.30. The first kappa shape index (κ1) is 12.2. The normalized spacial score (nSPS) is 15.7. The van der Waals surface area contributed by atoms with Crippen LogP contribution < -0.4 is 5.32 Å². The van der Waals surface area contributed by atoms with E-state index in [4.69, 9.17) is 11.6 Å². The van der Waals surface area contributed by atoms with Gasteiger partial charge in [0.25, 0.3) is 0 Å². The zero-order valence-corrected chi connectivity index (χ0v) is 10.5. The quantitative estimate of drug-likeness (QED) is 0.897. The Morgan fingerprint density at radius 2 is 1.82 bits per heavy atom. The summed E-state index contributed by atoms with van der Waals surface area (Å²) in [6.07, 6.45) is 3.51. The average Bonchev–Trinajstić information content (AvgIpc) is 2.39. The molecule has 3 nitrogen and oxygen atoms in total. The number of hydrogen-bond donors (Lipinski definition) is 1. The largest absolute Gasteiger partial charge is 0.376 e. The van der Waals surface area contributed by atoms with Gasteiger partial charge in [0.15, 0.2) is 0 Å². The van der Waals surface area contributed by atoms with Crippen LogP contribution in [0.2, 0.25) is 5.02 Å². The van der Waals surface area contributed by atoms with Gasteiger partial charge in [-0.05, 0) is 43.5 Å². The van der Waals surface area contributed by atoms with Crippen molar-refractivity contribution in [3.8, 4) is 0 Å². The van der Waals surface area contributed by atoms with E-state index < -0.39 is 0 Å². The highest BCUT2D eigenvalue weighted by Gasteiger charge is 2.15. The SMILES string of the molecule is O=C(CNc1ccc(Cl)cc1)N1CCCCC1. The topological polar surface area (TPSA) is 32.3 Å². The number of hydrogen-bond acceptors (Lipinski definition) is 2. The third-order valence-electron chi connectivity index (χ3n) is 3.00. The first-order chi connectivity index (χ1) is 8.25. The first-order valence-corrected chi connectivity index (χ1v) is 6.41. The van der Waals surface area contributed by atoms with Gasteiger partial charge in [-0.25, -0.2) is 0 Å². The molecule has 0 saturated carbocycles. The van der Waals surface area contributed by atoms with Gasteiger partial charge in [-0.15, -0.1) is 0 Å². The summed E-state index contributed by atoms with van der Waals surface area (Å²) in [7, 11) is 0. The molecule has 17 heavy (non-hydrogen) atoms. The van der Waals surface area contributed by atoms with E-state index in [2.05, 4.69) is 5.32 Å². The van der Waals surface area contributed by atoms with Crippen LogP contribution >= 0.6 is 11.6 Å². The Morgan fingerprint density at radius 3 is 2.47 bits per heavy atom. The lowest BCUT2D eigenvalue weighted by molar-refractivity contribution is -0.130. The molecule has 92 valence electrons. The number of nitrogens with zero attached hydrogens (tertiary/aromatic N) is 1. The number of anilines is 1. The molecular formula is C13H17ClN2O. The van der Waals surface area contributed by atoms with Gasteiger partial charge in [0.1, 0.15) is 0 Å². The molecule has 1 aliphatic heterocycles. The molecule has 1 heterocycles. The van der Waals surface area contributed by atoms with Gasteiger partial charge in [0.05, 0.1) is 6.54 Å². The summed E-state index contributed by atoms with van der Waals surface area (Å²) >= 11 is 5.79. The number of amides is 1. The number of carbonyl (C=O) groups is 1. The van der Waals surface area contributed by atoms with E-state index in [1.54, 1.807) is 0 Å². The molecule has 1 aliphatic rings. The van der Waals surface area contributed by atoms with Gasteiger partial charge in [0, 0.05) is 23.8 Å². The minimum absolute atomic E-state index is 0.180. The molecule has 0 aromatic heterocycles. The van der Waals surface area contributed by atoms with Crippen molar-refractivity contribution in [1.82, 2.24) is 4.90 Å². The predicted molar refractivity (Wildman–Crippen MR) is 70.4 cm³/mol. The number of rotatable bonds is 3. The molecule has 0 bridgehead atoms. The summed E-state index contributed by atoms with van der Waals surface area (Å²) in [5.41, 5.74) is 0.930. The van der Waals surface area contributed by atoms with Gasteiger partial charge in [-0.2, -0.15) is 0 Å². The van der Waals surface area contributed by atoms with Crippen LogP contribution in [0.3, 0.4) is 0 Å². The highest BCUT2D eigenvalue weighted by Crippen LogP contribution is 2.13. The van der Waals surface area contributed by atoms with Gasteiger partial charge in [-0.3, -0.25) is 4.79 Å². The number of carbonyl (C=O) groups excluding carboxylic acids is 1. The van der Waals surface area contributed by atoms with Crippen molar-refractivity contribution >= 4 is 23.2 Å². The molecule has 0 unspecified atom stereocenters. The Morgan fingerprint density at radius 1 is 1.18 bits per heavy atom. The fourth-order valence-corrected chi connectivity index (χ4v) is 2.13. The van der Waals surface area contributed by atoms with Crippen LogP contribution in [0.1, 0.15) is 19.3 Å². The molecule has 0 aliphatic carbocycles. The number of nitrogens with one attached hydrogen (secondary N) is 1. The van der Waals surface area contributed by atoms with Crippen LogP contribution in [0.25, 0.3) is 0 Å². The standard InChI is InChI=1S/C13H17ClN2O/c14-11-4-6-12(7-5-11)15-10-13(17)16-8-2-1-3-9-16/h4-7,15H,1-3,8-10H2. The maximum absolute atomic E-state index is 11.9. The lowest BCUT2D eigenvalue weighted by atomic mass is 10.1. The Hall–Kier alpha value is -1.22. The van der Waals surface area contributed by atoms with Crippen molar-refractivity contribution in [3.63, 3.8) is 0 Å². The van der Waals surface area contributed by atoms with E-state index >= 15 is 0 Å². The molecule has 1 aromatic carbocycles. The van der Waals surface area contributed by atoms with Crippen molar-refractivity contribution in [2.45, 2.75) is 19.3 Å². The van der Waals surface area contributed by atoms with E-state index in [9.17, 15) is 4.79 Å². The lowest BCUT2D eigenvalue weighted by Gasteiger charge is -2.26. The van der Waals surface area contributed by atoms with Crippen molar-refractivity contribution < 1.29 is 4.79 Å². The summed E-state index contributed by atoms with van der Waals surface area (Å²) in [4.78, 5) is 13.8. The molecule has 1 fully saturated rings. The number of halogens is 1. The van der Waals surface area contributed by atoms with Gasteiger partial charge in [0.2, 0.25) is 5.91 Å². The molecule has 1 N–H and O–H groups in total. The number of likely N-dealkylation sites (tertiary alicyclic amines) is 1. The van der Waals surface area contributed by atoms with Crippen LogP contribution in [0.5, 0.6) is 0 Å². The maximum atomic E-state index is 11.9. The summed E-state index contributed by atoms with van der Waals surface area (Å²) in [6.45, 7) is 2.17. The van der Waals surface area contributed by atoms with E-state index in [0.717, 1.165) is 31.6 Å². The molecule has 2 rings (SSSR count). The maximum Gasteiger partial charge on any atom is 0.241 e. The second-order valence-corrected chi connectivity index (χ2v) is 4.74. The van der Waals surface area contributed by atoms with Crippen LogP contribution in [-0.2, 0) is 4.79 Å². The first-order valence-electron chi connectivity index (χ1n) is 6.03. The van der Waals surface area contributed by atoms with E-state index in [-0.39, 0.29) is 5.91 Å². The lowest BCUT2D eigenvalue weighted by Crippen LogP contribution is -2.39. The predicted octanol–water partition coefficient (Wildman–Crippen LogP) is 2.76. The Kier molecular flexibility index (Phi) is 4.26. The summed E-state index contributed by atoms with van der Waals surface area (Å²) in [6, 6.07) is 7.39. The third kappa shape index (κ3) is 3.63. The fraction of sp³-hybridized carbons (Fsp3) is 0.462. The Labute approximate surface area is 107 Å². The van der Waals surface area contributed by atoms with Crippen LogP contribution in [-0.4, -0.2) is 30.4 Å². The highest BCUT2D eigenvalue weighted by atomic mass is 35.5. The zero-order chi connectivity index (χ0) is 12.1. The Balaban J connectivity index is 1.81. The summed E-state index contributed by atoms with van der Waals surface area (Å²) < 4.78 is 0. The highest BCUT2D eigenvalue weighted by molar-refractivity contribution is 6.30. The zero-order valence-electron chi connectivity index (χ0n) is 9.79. The molecule has 0 atom stereocenters. The summed E-state index contributed by atoms with van der Waals surface area (Å²) in [5.74, 6) is 0.180. The summed E-state index contributed by atoms with van der Waals surface area (Å²) in [5, 5.41) is 3.83. The molecule has 1 aromatic rings. The smallest absolute Gasteiger partial charge is 0.241 e. The van der Waals surface area contributed by atoms with E-state index in [1.807, 2.05) is 29.2 Å². The van der Waals surface area contributed by atoms with Gasteiger partial charge < -0.3 is 10.2 Å². The van der Waals surface area contributed by atoms with Crippen molar-refractivity contribution in [2.24, 2.45) is 0 Å². The monoisotopic (exact) mass is 252 g/mol. The van der Waals surface area contributed by atoms with Crippen LogP contribution in [0, 0.1) is 0 Å². The molecule has 4 heteroatoms.